The lowest BCUT2D eigenvalue weighted by Gasteiger charge is -2.26. The van der Waals surface area contributed by atoms with Crippen molar-refractivity contribution < 1.29 is 9.59 Å². The second-order valence-corrected chi connectivity index (χ2v) is 8.71. The number of H-pyrrole nitrogens is 1. The smallest absolute Gasteiger partial charge is 0.228 e. The maximum Gasteiger partial charge on any atom is 0.228 e. The second kappa shape index (κ2) is 9.43. The van der Waals surface area contributed by atoms with Crippen LogP contribution in [0.1, 0.15) is 43.3 Å². The number of anilines is 1. The first-order valence-corrected chi connectivity index (χ1v) is 10.6. The average molecular weight is 412 g/mol. The molecule has 30 heavy (non-hydrogen) atoms. The van der Waals surface area contributed by atoms with Gasteiger partial charge in [0.2, 0.25) is 11.8 Å². The number of aryl methyl sites for hydroxylation is 1. The van der Waals surface area contributed by atoms with Crippen molar-refractivity contribution >= 4 is 17.5 Å². The highest BCUT2D eigenvalue weighted by Crippen LogP contribution is 2.28. The number of rotatable bonds is 8. The third kappa shape index (κ3) is 5.27. The van der Waals surface area contributed by atoms with Gasteiger partial charge in [-0.25, -0.2) is 4.98 Å². The molecule has 2 heterocycles. The van der Waals surface area contributed by atoms with Gasteiger partial charge in [-0.1, -0.05) is 26.0 Å². The van der Waals surface area contributed by atoms with Crippen LogP contribution >= 0.6 is 0 Å². The van der Waals surface area contributed by atoms with Crippen molar-refractivity contribution in [2.24, 2.45) is 5.92 Å². The summed E-state index contributed by atoms with van der Waals surface area (Å²) in [4.78, 5) is 39.1. The Morgan fingerprint density at radius 2 is 1.93 bits per heavy atom. The molecule has 3 rings (SSSR count). The van der Waals surface area contributed by atoms with Crippen LogP contribution in [-0.4, -0.2) is 65.3 Å². The number of hydrogen-bond donors (Lipinski definition) is 1. The third-order valence-corrected chi connectivity index (χ3v) is 5.59. The fraction of sp³-hybridized carbons (Fsp3) is 0.522. The Kier molecular flexibility index (Phi) is 6.92. The summed E-state index contributed by atoms with van der Waals surface area (Å²) in [5.74, 6) is 0.985. The van der Waals surface area contributed by atoms with Crippen molar-refractivity contribution in [1.82, 2.24) is 19.8 Å². The molecule has 7 nitrogen and oxygen atoms in total. The van der Waals surface area contributed by atoms with Crippen molar-refractivity contribution in [2.45, 2.75) is 39.7 Å². The predicted octanol–water partition coefficient (Wildman–Crippen LogP) is 2.78. The summed E-state index contributed by atoms with van der Waals surface area (Å²) in [5.41, 5.74) is 3.01. The Morgan fingerprint density at radius 1 is 1.23 bits per heavy atom. The number of benzene rings is 1. The fourth-order valence-corrected chi connectivity index (χ4v) is 3.77. The number of aromatic nitrogens is 2. The number of hydrogen-bond acceptors (Lipinski definition) is 4. The number of likely N-dealkylation sites (N-methyl/N-ethyl adjacent to an activating group) is 1. The topological polar surface area (TPSA) is 72.5 Å². The number of nitrogens with zero attached hydrogens (tertiary/aromatic N) is 4. The molecule has 0 aliphatic carbocycles. The molecule has 1 aliphatic rings. The van der Waals surface area contributed by atoms with Gasteiger partial charge in [0.1, 0.15) is 5.82 Å². The summed E-state index contributed by atoms with van der Waals surface area (Å²) in [6.07, 6.45) is 2.03. The SMILES string of the molecule is Cc1ncc(CN(CCN(C)C)C(=O)C2CC(=O)N(c3ccc(C(C)C)cc3)C2)[nH]1. The number of aromatic amines is 1. The molecule has 1 saturated heterocycles. The van der Waals surface area contributed by atoms with E-state index in [1.54, 1.807) is 11.1 Å². The molecule has 1 aromatic carbocycles. The average Bonchev–Trinajstić information content (AvgIpc) is 3.29. The molecular weight excluding hydrogens is 378 g/mol. The Hall–Kier alpha value is -2.67. The largest absolute Gasteiger partial charge is 0.345 e. The lowest BCUT2D eigenvalue weighted by molar-refractivity contribution is -0.136. The van der Waals surface area contributed by atoms with Gasteiger partial charge in [0, 0.05) is 31.7 Å². The number of carbonyl (C=O) groups is 2. The van der Waals surface area contributed by atoms with E-state index in [1.165, 1.54) is 5.56 Å². The predicted molar refractivity (Wildman–Crippen MR) is 118 cm³/mol. The molecule has 2 amide bonds. The molecule has 1 fully saturated rings. The highest BCUT2D eigenvalue weighted by Gasteiger charge is 2.37. The van der Waals surface area contributed by atoms with Crippen LogP contribution in [-0.2, 0) is 16.1 Å². The Labute approximate surface area is 179 Å². The van der Waals surface area contributed by atoms with Gasteiger partial charge in [-0.2, -0.15) is 0 Å². The van der Waals surface area contributed by atoms with E-state index >= 15 is 0 Å². The van der Waals surface area contributed by atoms with Crippen molar-refractivity contribution in [2.75, 3.05) is 38.6 Å². The van der Waals surface area contributed by atoms with Crippen molar-refractivity contribution in [3.05, 3.63) is 47.5 Å². The first kappa shape index (κ1) is 22.0. The number of amides is 2. The summed E-state index contributed by atoms with van der Waals surface area (Å²) < 4.78 is 0. The lowest BCUT2D eigenvalue weighted by atomic mass is 10.0. The van der Waals surface area contributed by atoms with E-state index in [2.05, 4.69) is 40.8 Å². The molecule has 1 N–H and O–H groups in total. The zero-order valence-corrected chi connectivity index (χ0v) is 18.7. The van der Waals surface area contributed by atoms with Crippen molar-refractivity contribution in [1.29, 1.82) is 0 Å². The highest BCUT2D eigenvalue weighted by molar-refractivity contribution is 6.00. The van der Waals surface area contributed by atoms with E-state index in [9.17, 15) is 9.59 Å². The molecule has 1 atom stereocenters. The number of imidazole rings is 1. The van der Waals surface area contributed by atoms with Gasteiger partial charge in [-0.05, 0) is 44.6 Å². The van der Waals surface area contributed by atoms with Crippen LogP contribution in [0.25, 0.3) is 0 Å². The summed E-state index contributed by atoms with van der Waals surface area (Å²) in [5, 5.41) is 0. The normalized spacial score (nSPS) is 16.7. The first-order valence-electron chi connectivity index (χ1n) is 10.6. The van der Waals surface area contributed by atoms with E-state index in [0.717, 1.165) is 23.8 Å². The van der Waals surface area contributed by atoms with Crippen molar-refractivity contribution in [3.63, 3.8) is 0 Å². The van der Waals surface area contributed by atoms with Gasteiger partial charge >= 0.3 is 0 Å². The molecule has 0 radical (unpaired) electrons. The maximum atomic E-state index is 13.3. The first-order chi connectivity index (χ1) is 14.2. The van der Waals surface area contributed by atoms with Gasteiger partial charge < -0.3 is 19.7 Å². The van der Waals surface area contributed by atoms with Gasteiger partial charge in [0.25, 0.3) is 0 Å². The maximum absolute atomic E-state index is 13.3. The van der Waals surface area contributed by atoms with Gasteiger partial charge in [0.15, 0.2) is 0 Å². The minimum atomic E-state index is -0.326. The highest BCUT2D eigenvalue weighted by atomic mass is 16.2. The van der Waals surface area contributed by atoms with E-state index in [1.807, 2.05) is 38.1 Å². The van der Waals surface area contributed by atoms with Crippen molar-refractivity contribution in [3.8, 4) is 0 Å². The Balaban J connectivity index is 1.71. The molecule has 7 heteroatoms. The summed E-state index contributed by atoms with van der Waals surface area (Å²) in [6.45, 7) is 8.47. The third-order valence-electron chi connectivity index (χ3n) is 5.59. The minimum Gasteiger partial charge on any atom is -0.345 e. The van der Waals surface area contributed by atoms with Crippen LogP contribution in [0.2, 0.25) is 0 Å². The van der Waals surface area contributed by atoms with E-state index in [-0.39, 0.29) is 24.2 Å². The van der Waals surface area contributed by atoms with E-state index in [0.29, 0.717) is 25.6 Å². The zero-order valence-electron chi connectivity index (χ0n) is 18.7. The number of carbonyl (C=O) groups excluding carboxylic acids is 2. The Morgan fingerprint density at radius 3 is 2.50 bits per heavy atom. The molecule has 0 spiro atoms. The summed E-state index contributed by atoms with van der Waals surface area (Å²) in [6, 6.07) is 8.09. The monoisotopic (exact) mass is 411 g/mol. The van der Waals surface area contributed by atoms with Gasteiger partial charge in [0.05, 0.1) is 24.4 Å². The van der Waals surface area contributed by atoms with Crippen LogP contribution in [0.15, 0.2) is 30.5 Å². The number of nitrogens with one attached hydrogen (secondary N) is 1. The molecule has 1 unspecified atom stereocenters. The lowest BCUT2D eigenvalue weighted by Crippen LogP contribution is -2.40. The van der Waals surface area contributed by atoms with Crippen LogP contribution in [0.4, 0.5) is 5.69 Å². The molecule has 0 bridgehead atoms. The van der Waals surface area contributed by atoms with Crippen LogP contribution in [0.3, 0.4) is 0 Å². The molecule has 162 valence electrons. The van der Waals surface area contributed by atoms with Crippen LogP contribution in [0.5, 0.6) is 0 Å². The second-order valence-electron chi connectivity index (χ2n) is 8.71. The zero-order chi connectivity index (χ0) is 21.8. The molecule has 1 aromatic heterocycles. The van der Waals surface area contributed by atoms with Crippen LogP contribution in [0, 0.1) is 12.8 Å². The molecule has 0 saturated carbocycles. The summed E-state index contributed by atoms with van der Waals surface area (Å²) in [7, 11) is 3.98. The molecule has 1 aliphatic heterocycles. The minimum absolute atomic E-state index is 0.00981. The summed E-state index contributed by atoms with van der Waals surface area (Å²) >= 11 is 0. The molecule has 2 aromatic rings. The van der Waals surface area contributed by atoms with E-state index < -0.39 is 0 Å². The van der Waals surface area contributed by atoms with E-state index in [4.69, 9.17) is 0 Å². The molecular formula is C23H33N5O2. The van der Waals surface area contributed by atoms with Gasteiger partial charge in [-0.15, -0.1) is 0 Å². The van der Waals surface area contributed by atoms with Gasteiger partial charge in [-0.3, -0.25) is 9.59 Å². The standard InChI is InChI=1S/C23H33N5O2/c1-16(2)18-6-8-21(9-7-18)28-14-19(12-22(28)29)23(30)27(11-10-26(4)5)15-20-13-24-17(3)25-20/h6-9,13,16,19H,10-12,14-15H2,1-5H3,(H,24,25). The Bertz CT molecular complexity index is 872. The quantitative estimate of drug-likeness (QED) is 0.725. The van der Waals surface area contributed by atoms with Crippen LogP contribution < -0.4 is 4.90 Å². The fourth-order valence-electron chi connectivity index (χ4n) is 3.77.